The highest BCUT2D eigenvalue weighted by atomic mass is 16.3. The standard InChI is InChI=1S/C26H41N3O/c1-3-5-6-7-8-16-29-17-14-21(20(4-2)19-29)9-12-26(30)23-13-15-28-25-11-10-22(27)18-24(23)25/h10-11,13,15,18,20-21,26,30H,3-9,12,14,16-17,19,27H2,1-2H3/t20-,21+,26+/m0/s1. The van der Waals surface area contributed by atoms with Gasteiger partial charge in [0.05, 0.1) is 11.6 Å². The molecule has 0 saturated carbocycles. The summed E-state index contributed by atoms with van der Waals surface area (Å²) in [6.45, 7) is 8.33. The number of hydrogen-bond acceptors (Lipinski definition) is 4. The molecule has 30 heavy (non-hydrogen) atoms. The van der Waals surface area contributed by atoms with Gasteiger partial charge in [-0.15, -0.1) is 0 Å². The molecule has 1 aromatic carbocycles. The van der Waals surface area contributed by atoms with Crippen LogP contribution >= 0.6 is 0 Å². The van der Waals surface area contributed by atoms with E-state index >= 15 is 0 Å². The minimum Gasteiger partial charge on any atom is -0.399 e. The second-order valence-electron chi connectivity index (χ2n) is 9.20. The van der Waals surface area contributed by atoms with E-state index in [0.717, 1.165) is 46.8 Å². The minimum atomic E-state index is -0.452. The van der Waals surface area contributed by atoms with Crippen molar-refractivity contribution in [2.75, 3.05) is 25.4 Å². The second kappa shape index (κ2) is 11.7. The Labute approximate surface area is 182 Å². The summed E-state index contributed by atoms with van der Waals surface area (Å²) in [5.41, 5.74) is 8.56. The number of hydrogen-bond donors (Lipinski definition) is 2. The maximum absolute atomic E-state index is 11.0. The van der Waals surface area contributed by atoms with Crippen molar-refractivity contribution in [3.05, 3.63) is 36.0 Å². The molecular weight excluding hydrogens is 370 g/mol. The van der Waals surface area contributed by atoms with Gasteiger partial charge in [-0.1, -0.05) is 46.0 Å². The largest absolute Gasteiger partial charge is 0.399 e. The van der Waals surface area contributed by atoms with Gasteiger partial charge in [-0.3, -0.25) is 4.98 Å². The molecule has 0 unspecified atom stereocenters. The van der Waals surface area contributed by atoms with Crippen molar-refractivity contribution in [1.82, 2.24) is 9.88 Å². The van der Waals surface area contributed by atoms with Crippen molar-refractivity contribution in [2.45, 2.75) is 77.7 Å². The van der Waals surface area contributed by atoms with Gasteiger partial charge in [-0.2, -0.15) is 0 Å². The van der Waals surface area contributed by atoms with E-state index in [4.69, 9.17) is 5.73 Å². The van der Waals surface area contributed by atoms with Crippen molar-refractivity contribution >= 4 is 16.6 Å². The lowest BCUT2D eigenvalue weighted by molar-refractivity contribution is 0.0903. The molecule has 0 aliphatic carbocycles. The lowest BCUT2D eigenvalue weighted by Gasteiger charge is -2.39. The van der Waals surface area contributed by atoms with Crippen molar-refractivity contribution < 1.29 is 5.11 Å². The molecule has 0 bridgehead atoms. The maximum Gasteiger partial charge on any atom is 0.0797 e. The molecule has 0 amide bonds. The van der Waals surface area contributed by atoms with E-state index in [-0.39, 0.29) is 0 Å². The Kier molecular flexibility index (Phi) is 8.95. The van der Waals surface area contributed by atoms with Crippen LogP contribution < -0.4 is 5.73 Å². The third-order valence-electron chi connectivity index (χ3n) is 7.05. The number of unbranched alkanes of at least 4 members (excludes halogenated alkanes) is 4. The predicted octanol–water partition coefficient (Wildman–Crippen LogP) is 5.95. The number of rotatable bonds is 11. The number of fused-ring (bicyclic) bond motifs is 1. The second-order valence-corrected chi connectivity index (χ2v) is 9.20. The Balaban J connectivity index is 1.51. The summed E-state index contributed by atoms with van der Waals surface area (Å²) in [7, 11) is 0. The monoisotopic (exact) mass is 411 g/mol. The quantitative estimate of drug-likeness (QED) is 0.354. The zero-order valence-electron chi connectivity index (χ0n) is 19.0. The number of benzene rings is 1. The number of nitrogens with zero attached hydrogens (tertiary/aromatic N) is 2. The Bertz CT molecular complexity index is 778. The van der Waals surface area contributed by atoms with Gasteiger partial charge < -0.3 is 15.7 Å². The summed E-state index contributed by atoms with van der Waals surface area (Å²) < 4.78 is 0. The molecule has 0 spiro atoms. The van der Waals surface area contributed by atoms with Crippen LogP contribution in [0.3, 0.4) is 0 Å². The van der Waals surface area contributed by atoms with E-state index in [1.54, 1.807) is 6.20 Å². The molecule has 2 aromatic rings. The van der Waals surface area contributed by atoms with E-state index in [0.29, 0.717) is 0 Å². The lowest BCUT2D eigenvalue weighted by Crippen LogP contribution is -2.40. The molecule has 4 heteroatoms. The summed E-state index contributed by atoms with van der Waals surface area (Å²) in [5.74, 6) is 1.48. The molecule has 1 aliphatic rings. The highest BCUT2D eigenvalue weighted by molar-refractivity contribution is 5.85. The number of nitrogen functional groups attached to an aromatic ring is 1. The van der Waals surface area contributed by atoms with E-state index in [1.807, 2.05) is 24.3 Å². The van der Waals surface area contributed by atoms with Crippen LogP contribution in [0.2, 0.25) is 0 Å². The highest BCUT2D eigenvalue weighted by Crippen LogP contribution is 2.34. The summed E-state index contributed by atoms with van der Waals surface area (Å²) in [6, 6.07) is 7.69. The van der Waals surface area contributed by atoms with Crippen molar-refractivity contribution in [3.63, 3.8) is 0 Å². The normalized spacial score (nSPS) is 21.2. The number of likely N-dealkylation sites (tertiary alicyclic amines) is 1. The summed E-state index contributed by atoms with van der Waals surface area (Å²) in [6.07, 6.45) is 12.6. The molecule has 3 atom stereocenters. The number of aliphatic hydroxyl groups is 1. The molecule has 1 aliphatic heterocycles. The summed E-state index contributed by atoms with van der Waals surface area (Å²) >= 11 is 0. The molecule has 0 radical (unpaired) electrons. The molecule has 1 saturated heterocycles. The number of pyridine rings is 1. The Morgan fingerprint density at radius 3 is 2.77 bits per heavy atom. The van der Waals surface area contributed by atoms with Gasteiger partial charge in [0.2, 0.25) is 0 Å². The van der Waals surface area contributed by atoms with Crippen LogP contribution in [-0.2, 0) is 0 Å². The molecular formula is C26H41N3O. The molecule has 166 valence electrons. The lowest BCUT2D eigenvalue weighted by atomic mass is 9.80. The number of anilines is 1. The first-order valence-corrected chi connectivity index (χ1v) is 12.2. The van der Waals surface area contributed by atoms with Crippen LogP contribution in [0.25, 0.3) is 10.9 Å². The Morgan fingerprint density at radius 2 is 1.97 bits per heavy atom. The number of nitrogens with two attached hydrogens (primary N) is 1. The third kappa shape index (κ3) is 6.18. The number of aromatic nitrogens is 1. The number of aliphatic hydroxyl groups excluding tert-OH is 1. The first-order valence-electron chi connectivity index (χ1n) is 12.2. The maximum atomic E-state index is 11.0. The zero-order chi connectivity index (χ0) is 21.3. The molecule has 2 heterocycles. The fourth-order valence-electron chi connectivity index (χ4n) is 5.14. The van der Waals surface area contributed by atoms with E-state index in [1.165, 1.54) is 64.6 Å². The summed E-state index contributed by atoms with van der Waals surface area (Å²) in [4.78, 5) is 7.10. The highest BCUT2D eigenvalue weighted by Gasteiger charge is 2.28. The van der Waals surface area contributed by atoms with Crippen LogP contribution in [0.1, 0.15) is 83.3 Å². The van der Waals surface area contributed by atoms with Gasteiger partial charge in [0.25, 0.3) is 0 Å². The van der Waals surface area contributed by atoms with E-state index < -0.39 is 6.10 Å². The fourth-order valence-corrected chi connectivity index (χ4v) is 5.14. The summed E-state index contributed by atoms with van der Waals surface area (Å²) in [5, 5.41) is 11.9. The van der Waals surface area contributed by atoms with Crippen LogP contribution in [0, 0.1) is 11.8 Å². The number of piperidine rings is 1. The molecule has 3 N–H and O–H groups in total. The minimum absolute atomic E-state index is 0.452. The van der Waals surface area contributed by atoms with Crippen molar-refractivity contribution in [1.29, 1.82) is 0 Å². The van der Waals surface area contributed by atoms with Crippen LogP contribution in [0.15, 0.2) is 30.5 Å². The SMILES string of the molecule is CCCCCCCN1CC[C@@H](CC[C@@H](O)c2ccnc3ccc(N)cc23)[C@@H](CC)C1. The predicted molar refractivity (Wildman–Crippen MR) is 127 cm³/mol. The van der Waals surface area contributed by atoms with Gasteiger partial charge in [0, 0.05) is 23.8 Å². The molecule has 3 rings (SSSR count). The van der Waals surface area contributed by atoms with Crippen LogP contribution in [0.4, 0.5) is 5.69 Å². The average molecular weight is 412 g/mol. The zero-order valence-corrected chi connectivity index (χ0v) is 19.0. The van der Waals surface area contributed by atoms with Crippen molar-refractivity contribution in [3.8, 4) is 0 Å². The van der Waals surface area contributed by atoms with Gasteiger partial charge >= 0.3 is 0 Å². The smallest absolute Gasteiger partial charge is 0.0797 e. The van der Waals surface area contributed by atoms with Gasteiger partial charge in [-0.05, 0) is 80.4 Å². The van der Waals surface area contributed by atoms with E-state index in [2.05, 4.69) is 23.7 Å². The first-order chi connectivity index (χ1) is 14.6. The molecule has 1 aromatic heterocycles. The topological polar surface area (TPSA) is 62.4 Å². The Morgan fingerprint density at radius 1 is 1.13 bits per heavy atom. The third-order valence-corrected chi connectivity index (χ3v) is 7.05. The van der Waals surface area contributed by atoms with Gasteiger partial charge in [-0.25, -0.2) is 0 Å². The molecule has 1 fully saturated rings. The van der Waals surface area contributed by atoms with Gasteiger partial charge in [0.15, 0.2) is 0 Å². The average Bonchev–Trinajstić information content (AvgIpc) is 2.77. The van der Waals surface area contributed by atoms with E-state index in [9.17, 15) is 5.11 Å². The van der Waals surface area contributed by atoms with Crippen LogP contribution in [-0.4, -0.2) is 34.6 Å². The van der Waals surface area contributed by atoms with Crippen molar-refractivity contribution in [2.24, 2.45) is 11.8 Å². The van der Waals surface area contributed by atoms with Gasteiger partial charge in [0.1, 0.15) is 0 Å². The van der Waals surface area contributed by atoms with Crippen LogP contribution in [0.5, 0.6) is 0 Å². The Hall–Kier alpha value is -1.65. The fraction of sp³-hybridized carbons (Fsp3) is 0.654. The molecule has 4 nitrogen and oxygen atoms in total. The first kappa shape index (κ1) is 23.0.